The van der Waals surface area contributed by atoms with Gasteiger partial charge in [-0.2, -0.15) is 0 Å². The van der Waals surface area contributed by atoms with Crippen LogP contribution in [-0.4, -0.2) is 63.8 Å². The molecule has 112 valence electrons. The first-order valence-electron chi connectivity index (χ1n) is 7.36. The molecule has 0 spiro atoms. The van der Waals surface area contributed by atoms with Crippen molar-refractivity contribution in [3.8, 4) is 0 Å². The Hall–Kier alpha value is -1.95. The second-order valence-electron chi connectivity index (χ2n) is 5.56. The molecule has 1 unspecified atom stereocenters. The highest BCUT2D eigenvalue weighted by Gasteiger charge is 2.46. The summed E-state index contributed by atoms with van der Waals surface area (Å²) in [6, 6.07) is 3.55. The van der Waals surface area contributed by atoms with Crippen LogP contribution in [0.15, 0.2) is 18.3 Å². The number of pyridine rings is 1. The summed E-state index contributed by atoms with van der Waals surface area (Å²) in [7, 11) is 0. The van der Waals surface area contributed by atoms with Gasteiger partial charge in [-0.15, -0.1) is 0 Å². The number of aryl methyl sites for hydroxylation is 1. The Balaban J connectivity index is 1.72. The molecular formula is C15H20N4O2. The van der Waals surface area contributed by atoms with Gasteiger partial charge in [-0.25, -0.2) is 4.79 Å². The van der Waals surface area contributed by atoms with Crippen molar-refractivity contribution >= 4 is 11.9 Å². The van der Waals surface area contributed by atoms with Crippen molar-refractivity contribution in [2.24, 2.45) is 0 Å². The van der Waals surface area contributed by atoms with Crippen LogP contribution in [0.5, 0.6) is 0 Å². The molecule has 3 amide bonds. The highest BCUT2D eigenvalue weighted by Crippen LogP contribution is 2.23. The second-order valence-corrected chi connectivity index (χ2v) is 5.56. The first kappa shape index (κ1) is 14.0. The third kappa shape index (κ3) is 2.40. The summed E-state index contributed by atoms with van der Waals surface area (Å²) in [4.78, 5) is 34.0. The van der Waals surface area contributed by atoms with Crippen molar-refractivity contribution in [1.82, 2.24) is 19.7 Å². The Morgan fingerprint density at radius 2 is 2.14 bits per heavy atom. The van der Waals surface area contributed by atoms with Crippen LogP contribution in [-0.2, 0) is 11.3 Å². The van der Waals surface area contributed by atoms with Gasteiger partial charge in [0.05, 0.1) is 0 Å². The average Bonchev–Trinajstić information content (AvgIpc) is 2.73. The van der Waals surface area contributed by atoms with Gasteiger partial charge in [0.25, 0.3) is 5.91 Å². The monoisotopic (exact) mass is 288 g/mol. The van der Waals surface area contributed by atoms with Crippen molar-refractivity contribution in [1.29, 1.82) is 0 Å². The zero-order valence-corrected chi connectivity index (χ0v) is 12.5. The number of amides is 3. The van der Waals surface area contributed by atoms with E-state index in [1.54, 1.807) is 11.1 Å². The van der Waals surface area contributed by atoms with E-state index in [1.807, 2.05) is 19.9 Å². The number of aromatic nitrogens is 1. The zero-order valence-electron chi connectivity index (χ0n) is 12.5. The minimum atomic E-state index is -0.317. The molecule has 0 aliphatic carbocycles. The summed E-state index contributed by atoms with van der Waals surface area (Å²) >= 11 is 0. The Morgan fingerprint density at radius 1 is 1.33 bits per heavy atom. The highest BCUT2D eigenvalue weighted by atomic mass is 16.2. The molecule has 2 aliphatic heterocycles. The molecule has 0 N–H and O–H groups in total. The van der Waals surface area contributed by atoms with Crippen LogP contribution in [0.1, 0.15) is 18.2 Å². The molecule has 21 heavy (non-hydrogen) atoms. The maximum Gasteiger partial charge on any atom is 0.327 e. The molecule has 6 heteroatoms. The molecule has 2 aliphatic rings. The standard InChI is InChI=1S/C15H20N4O2/c1-3-18-14(20)13-10-17(7-8-19(13)15(18)21)9-12-5-4-6-16-11(12)2/h4-6,13H,3,7-10H2,1-2H3. The van der Waals surface area contributed by atoms with Gasteiger partial charge in [0.2, 0.25) is 0 Å². The largest absolute Gasteiger partial charge is 0.327 e. The fraction of sp³-hybridized carbons (Fsp3) is 0.533. The normalized spacial score (nSPS) is 22.9. The van der Waals surface area contributed by atoms with E-state index < -0.39 is 0 Å². The lowest BCUT2D eigenvalue weighted by atomic mass is 10.1. The van der Waals surface area contributed by atoms with E-state index in [4.69, 9.17) is 0 Å². The van der Waals surface area contributed by atoms with E-state index in [2.05, 4.69) is 16.0 Å². The lowest BCUT2D eigenvalue weighted by molar-refractivity contribution is -0.129. The number of piperazine rings is 1. The fourth-order valence-corrected chi connectivity index (χ4v) is 3.07. The molecule has 1 aromatic rings. The number of likely N-dealkylation sites (N-methyl/N-ethyl adjacent to an activating group) is 1. The van der Waals surface area contributed by atoms with Gasteiger partial charge in [0, 0.05) is 44.6 Å². The number of carbonyl (C=O) groups excluding carboxylic acids is 2. The Morgan fingerprint density at radius 3 is 2.86 bits per heavy atom. The van der Waals surface area contributed by atoms with Crippen LogP contribution in [0.3, 0.4) is 0 Å². The summed E-state index contributed by atoms with van der Waals surface area (Å²) in [6.07, 6.45) is 1.79. The molecule has 2 fully saturated rings. The number of hydrogen-bond acceptors (Lipinski definition) is 4. The Kier molecular flexibility index (Phi) is 3.63. The molecule has 0 saturated carbocycles. The number of urea groups is 1. The maximum absolute atomic E-state index is 12.3. The lowest BCUT2D eigenvalue weighted by Gasteiger charge is -2.35. The van der Waals surface area contributed by atoms with E-state index in [0.29, 0.717) is 19.6 Å². The van der Waals surface area contributed by atoms with E-state index in [1.165, 1.54) is 10.5 Å². The maximum atomic E-state index is 12.3. The smallest absolute Gasteiger partial charge is 0.310 e. The minimum absolute atomic E-state index is 0.0601. The van der Waals surface area contributed by atoms with Gasteiger partial charge in [-0.1, -0.05) is 6.07 Å². The van der Waals surface area contributed by atoms with Gasteiger partial charge < -0.3 is 4.90 Å². The third-order valence-corrected chi connectivity index (χ3v) is 4.32. The molecule has 3 heterocycles. The van der Waals surface area contributed by atoms with E-state index in [0.717, 1.165) is 18.8 Å². The number of nitrogens with zero attached hydrogens (tertiary/aromatic N) is 4. The minimum Gasteiger partial charge on any atom is -0.310 e. The van der Waals surface area contributed by atoms with Crippen molar-refractivity contribution in [3.63, 3.8) is 0 Å². The van der Waals surface area contributed by atoms with Crippen molar-refractivity contribution in [2.75, 3.05) is 26.2 Å². The first-order valence-corrected chi connectivity index (χ1v) is 7.36. The van der Waals surface area contributed by atoms with Crippen LogP contribution in [0.4, 0.5) is 4.79 Å². The van der Waals surface area contributed by atoms with Crippen LogP contribution >= 0.6 is 0 Å². The van der Waals surface area contributed by atoms with Gasteiger partial charge in [-0.3, -0.25) is 19.6 Å². The van der Waals surface area contributed by atoms with E-state index in [-0.39, 0.29) is 18.0 Å². The van der Waals surface area contributed by atoms with Crippen molar-refractivity contribution in [3.05, 3.63) is 29.6 Å². The average molecular weight is 288 g/mol. The van der Waals surface area contributed by atoms with Crippen LogP contribution in [0.25, 0.3) is 0 Å². The van der Waals surface area contributed by atoms with Crippen LogP contribution in [0.2, 0.25) is 0 Å². The highest BCUT2D eigenvalue weighted by molar-refractivity contribution is 6.04. The van der Waals surface area contributed by atoms with Gasteiger partial charge in [0.1, 0.15) is 6.04 Å². The molecule has 0 bridgehead atoms. The molecular weight excluding hydrogens is 268 g/mol. The summed E-state index contributed by atoms with van der Waals surface area (Å²) in [5, 5.41) is 0. The molecule has 6 nitrogen and oxygen atoms in total. The molecule has 0 radical (unpaired) electrons. The van der Waals surface area contributed by atoms with Crippen LogP contribution < -0.4 is 0 Å². The number of hydrogen-bond donors (Lipinski definition) is 0. The van der Waals surface area contributed by atoms with Crippen LogP contribution in [0, 0.1) is 6.92 Å². The number of imide groups is 1. The molecule has 3 rings (SSSR count). The van der Waals surface area contributed by atoms with E-state index in [9.17, 15) is 9.59 Å². The predicted molar refractivity (Wildman–Crippen MR) is 77.5 cm³/mol. The summed E-state index contributed by atoms with van der Waals surface area (Å²) < 4.78 is 0. The first-order chi connectivity index (χ1) is 10.1. The number of rotatable bonds is 3. The summed E-state index contributed by atoms with van der Waals surface area (Å²) in [5.74, 6) is -0.0601. The molecule has 1 atom stereocenters. The predicted octanol–water partition coefficient (Wildman–Crippen LogP) is 0.858. The summed E-state index contributed by atoms with van der Waals surface area (Å²) in [5.41, 5.74) is 2.19. The second kappa shape index (κ2) is 5.44. The molecule has 2 saturated heterocycles. The Bertz CT molecular complexity index is 575. The summed E-state index contributed by atoms with van der Waals surface area (Å²) in [6.45, 7) is 7.07. The Labute approximate surface area is 124 Å². The van der Waals surface area contributed by atoms with Gasteiger partial charge >= 0.3 is 6.03 Å². The van der Waals surface area contributed by atoms with E-state index >= 15 is 0 Å². The third-order valence-electron chi connectivity index (χ3n) is 4.32. The van der Waals surface area contributed by atoms with Gasteiger partial charge in [-0.05, 0) is 25.5 Å². The fourth-order valence-electron chi connectivity index (χ4n) is 3.07. The molecule has 0 aromatic carbocycles. The quantitative estimate of drug-likeness (QED) is 0.774. The van der Waals surface area contributed by atoms with Crippen molar-refractivity contribution in [2.45, 2.75) is 26.4 Å². The zero-order chi connectivity index (χ0) is 15.0. The molecule has 1 aromatic heterocycles. The van der Waals surface area contributed by atoms with Crippen molar-refractivity contribution < 1.29 is 9.59 Å². The van der Waals surface area contributed by atoms with Gasteiger partial charge in [0.15, 0.2) is 0 Å². The topological polar surface area (TPSA) is 56.8 Å². The number of fused-ring (bicyclic) bond motifs is 1. The SMILES string of the molecule is CCN1C(=O)C2CN(Cc3cccnc3C)CCN2C1=O. The lowest BCUT2D eigenvalue weighted by Crippen LogP contribution is -2.52. The number of carbonyl (C=O) groups is 2.